The Kier molecular flexibility index (Phi) is 5.27. The Hall–Kier alpha value is -5.26. The van der Waals surface area contributed by atoms with Crippen LogP contribution in [0, 0.1) is 0 Å². The van der Waals surface area contributed by atoms with Gasteiger partial charge >= 0.3 is 5.69 Å². The summed E-state index contributed by atoms with van der Waals surface area (Å²) < 4.78 is 8.56. The fourth-order valence-corrected chi connectivity index (χ4v) is 6.39. The van der Waals surface area contributed by atoms with E-state index in [9.17, 15) is 4.79 Å². The Morgan fingerprint density at radius 1 is 0.659 bits per heavy atom. The predicted molar refractivity (Wildman–Crippen MR) is 167 cm³/mol. The van der Waals surface area contributed by atoms with Gasteiger partial charge in [0.2, 0.25) is 0 Å². The molecule has 41 heavy (non-hydrogen) atoms. The zero-order valence-electron chi connectivity index (χ0n) is 22.4. The molecule has 0 aliphatic heterocycles. The number of hydrogen-bond acceptors (Lipinski definition) is 3. The quantitative estimate of drug-likeness (QED) is 0.216. The van der Waals surface area contributed by atoms with Gasteiger partial charge in [0.25, 0.3) is 0 Å². The number of fused-ring (bicyclic) bond motifs is 6. The molecule has 0 saturated carbocycles. The average Bonchev–Trinajstić information content (AvgIpc) is 3.35. The second-order valence-electron chi connectivity index (χ2n) is 10.4. The van der Waals surface area contributed by atoms with Gasteiger partial charge in [-0.25, -0.2) is 14.2 Å². The smallest absolute Gasteiger partial charge is 0.336 e. The van der Waals surface area contributed by atoms with Crippen LogP contribution in [0.3, 0.4) is 0 Å². The normalized spacial score (nSPS) is 11.8. The summed E-state index contributed by atoms with van der Waals surface area (Å²) in [6, 6.07) is 38.4. The number of methoxy groups -OCH3 is 1. The summed E-state index contributed by atoms with van der Waals surface area (Å²) >= 11 is 0. The SMILES string of the molecule is COCn1ccc2c(-c3c4ccccc4c(-c4ccc5ccccc5c4)c4ccccc34)c3cccnc3n2c1=O. The van der Waals surface area contributed by atoms with Gasteiger partial charge in [0.15, 0.2) is 0 Å². The third kappa shape index (κ3) is 3.46. The number of hydrogen-bond donors (Lipinski definition) is 0. The molecule has 0 saturated heterocycles. The molecule has 0 fully saturated rings. The molecular weight excluding hydrogens is 506 g/mol. The molecule has 5 nitrogen and oxygen atoms in total. The summed E-state index contributed by atoms with van der Waals surface area (Å²) in [5.74, 6) is 0. The highest BCUT2D eigenvalue weighted by Crippen LogP contribution is 2.47. The van der Waals surface area contributed by atoms with Crippen molar-refractivity contribution < 1.29 is 4.74 Å². The maximum Gasteiger partial charge on any atom is 0.336 e. The lowest BCUT2D eigenvalue weighted by atomic mass is 9.85. The van der Waals surface area contributed by atoms with Crippen LogP contribution in [-0.4, -0.2) is 21.1 Å². The molecule has 0 aliphatic rings. The first-order valence-corrected chi connectivity index (χ1v) is 13.6. The molecule has 0 bridgehead atoms. The Labute approximate surface area is 235 Å². The minimum absolute atomic E-state index is 0.170. The van der Waals surface area contributed by atoms with Crippen LogP contribution in [0.25, 0.3) is 71.1 Å². The zero-order valence-corrected chi connectivity index (χ0v) is 22.4. The first kappa shape index (κ1) is 23.6. The monoisotopic (exact) mass is 531 g/mol. The van der Waals surface area contributed by atoms with Gasteiger partial charge in [-0.3, -0.25) is 4.57 Å². The number of ether oxygens (including phenoxy) is 1. The van der Waals surface area contributed by atoms with E-state index in [1.54, 1.807) is 28.5 Å². The summed E-state index contributed by atoms with van der Waals surface area (Å²) in [4.78, 5) is 18.3. The van der Waals surface area contributed by atoms with Gasteiger partial charge < -0.3 is 4.74 Å². The van der Waals surface area contributed by atoms with Gasteiger partial charge in [-0.1, -0.05) is 84.9 Å². The van der Waals surface area contributed by atoms with Crippen molar-refractivity contribution in [2.24, 2.45) is 0 Å². The summed E-state index contributed by atoms with van der Waals surface area (Å²) in [5, 5.41) is 7.97. The molecule has 0 N–H and O–H groups in total. The van der Waals surface area contributed by atoms with E-state index in [-0.39, 0.29) is 12.4 Å². The molecule has 5 heteroatoms. The van der Waals surface area contributed by atoms with Gasteiger partial charge in [-0.15, -0.1) is 0 Å². The maximum atomic E-state index is 13.7. The lowest BCUT2D eigenvalue weighted by Crippen LogP contribution is -2.26. The van der Waals surface area contributed by atoms with Crippen molar-refractivity contribution in [3.63, 3.8) is 0 Å². The molecule has 196 valence electrons. The maximum absolute atomic E-state index is 13.7. The van der Waals surface area contributed by atoms with Gasteiger partial charge in [0.05, 0.1) is 5.52 Å². The summed E-state index contributed by atoms with van der Waals surface area (Å²) in [5.41, 5.74) is 5.78. The highest BCUT2D eigenvalue weighted by Gasteiger charge is 2.23. The van der Waals surface area contributed by atoms with Crippen LogP contribution in [0.2, 0.25) is 0 Å². The van der Waals surface area contributed by atoms with E-state index >= 15 is 0 Å². The van der Waals surface area contributed by atoms with E-state index in [1.165, 1.54) is 32.7 Å². The van der Waals surface area contributed by atoms with Crippen molar-refractivity contribution in [3.8, 4) is 22.3 Å². The van der Waals surface area contributed by atoms with E-state index in [0.29, 0.717) is 5.65 Å². The minimum atomic E-state index is -0.180. The number of benzene rings is 5. The molecule has 5 aromatic carbocycles. The van der Waals surface area contributed by atoms with Crippen molar-refractivity contribution in [3.05, 3.63) is 132 Å². The van der Waals surface area contributed by atoms with Crippen LogP contribution >= 0.6 is 0 Å². The fraction of sp³-hybridized carbons (Fsp3) is 0.0556. The van der Waals surface area contributed by atoms with E-state index in [1.807, 2.05) is 12.1 Å². The second-order valence-corrected chi connectivity index (χ2v) is 10.4. The van der Waals surface area contributed by atoms with Crippen molar-refractivity contribution in [2.45, 2.75) is 6.73 Å². The third-order valence-corrected chi connectivity index (χ3v) is 8.10. The molecule has 0 aliphatic carbocycles. The minimum Gasteiger partial charge on any atom is -0.364 e. The summed E-state index contributed by atoms with van der Waals surface area (Å²) in [6.07, 6.45) is 3.54. The van der Waals surface area contributed by atoms with Gasteiger partial charge in [0.1, 0.15) is 12.4 Å². The first-order chi connectivity index (χ1) is 20.2. The first-order valence-electron chi connectivity index (χ1n) is 13.6. The molecule has 0 atom stereocenters. The average molecular weight is 532 g/mol. The van der Waals surface area contributed by atoms with Gasteiger partial charge in [-0.2, -0.15) is 0 Å². The highest BCUT2D eigenvalue weighted by molar-refractivity contribution is 6.25. The second kappa shape index (κ2) is 9.15. The molecule has 0 unspecified atom stereocenters. The summed E-state index contributed by atoms with van der Waals surface area (Å²) in [6.45, 7) is 0.170. The van der Waals surface area contributed by atoms with E-state index in [2.05, 4.69) is 102 Å². The molecule has 8 aromatic rings. The van der Waals surface area contributed by atoms with Crippen LogP contribution in [0.5, 0.6) is 0 Å². The van der Waals surface area contributed by atoms with Crippen molar-refractivity contribution in [2.75, 3.05) is 7.11 Å². The molecule has 0 radical (unpaired) electrons. The van der Waals surface area contributed by atoms with Crippen molar-refractivity contribution in [1.82, 2.24) is 14.0 Å². The highest BCUT2D eigenvalue weighted by atomic mass is 16.5. The number of nitrogens with zero attached hydrogens (tertiary/aromatic N) is 3. The number of pyridine rings is 1. The Bertz CT molecular complexity index is 2310. The van der Waals surface area contributed by atoms with Crippen LogP contribution in [0.15, 0.2) is 126 Å². The van der Waals surface area contributed by atoms with E-state index in [4.69, 9.17) is 4.74 Å². The molecule has 3 aromatic heterocycles. The molecule has 0 amide bonds. The van der Waals surface area contributed by atoms with Crippen LogP contribution < -0.4 is 5.69 Å². The third-order valence-electron chi connectivity index (χ3n) is 8.10. The summed E-state index contributed by atoms with van der Waals surface area (Å²) in [7, 11) is 1.59. The molecular formula is C36H25N3O2. The molecule has 8 rings (SSSR count). The fourth-order valence-electron chi connectivity index (χ4n) is 6.39. The number of rotatable bonds is 4. The largest absolute Gasteiger partial charge is 0.364 e. The molecule has 0 spiro atoms. The van der Waals surface area contributed by atoms with Crippen molar-refractivity contribution >= 4 is 48.9 Å². The van der Waals surface area contributed by atoms with Crippen LogP contribution in [0.1, 0.15) is 0 Å². The standard InChI is InChI=1S/C36H25N3O2/c1-41-22-38-20-18-31-34(30-15-8-19-37-35(30)39(31)36(38)40)33-28-13-6-4-11-26(28)32(27-12-5-7-14-29(27)33)25-17-16-23-9-2-3-10-24(23)21-25/h2-21H,22H2,1H3. The number of aromatic nitrogens is 3. The Balaban J connectivity index is 1.55. The molecule has 3 heterocycles. The lowest BCUT2D eigenvalue weighted by Gasteiger charge is -2.18. The van der Waals surface area contributed by atoms with Crippen molar-refractivity contribution in [1.29, 1.82) is 0 Å². The van der Waals surface area contributed by atoms with Crippen LogP contribution in [-0.2, 0) is 11.5 Å². The van der Waals surface area contributed by atoms with E-state index < -0.39 is 0 Å². The predicted octanol–water partition coefficient (Wildman–Crippen LogP) is 8.05. The Morgan fingerprint density at radius 3 is 2.00 bits per heavy atom. The Morgan fingerprint density at radius 2 is 1.29 bits per heavy atom. The van der Waals surface area contributed by atoms with Gasteiger partial charge in [-0.05, 0) is 67.7 Å². The zero-order chi connectivity index (χ0) is 27.5. The van der Waals surface area contributed by atoms with Gasteiger partial charge in [0, 0.05) is 36.0 Å². The topological polar surface area (TPSA) is 48.5 Å². The van der Waals surface area contributed by atoms with Crippen LogP contribution in [0.4, 0.5) is 0 Å². The lowest BCUT2D eigenvalue weighted by molar-refractivity contribution is 0.127. The van der Waals surface area contributed by atoms with E-state index in [0.717, 1.165) is 32.8 Å².